The van der Waals surface area contributed by atoms with Crippen LogP contribution in [0, 0.1) is 4.91 Å². The van der Waals surface area contributed by atoms with Crippen LogP contribution in [0.1, 0.15) is 12.5 Å². The Kier molecular flexibility index (Phi) is 3.73. The van der Waals surface area contributed by atoms with E-state index in [4.69, 9.17) is 5.84 Å². The van der Waals surface area contributed by atoms with Gasteiger partial charge in [-0.2, -0.15) is 0 Å². The van der Waals surface area contributed by atoms with Crippen molar-refractivity contribution in [3.63, 3.8) is 0 Å². The molecule has 28 heavy (non-hydrogen) atoms. The smallest absolute Gasteiger partial charge is 0.287 e. The third kappa shape index (κ3) is 2.23. The molecule has 140 valence electrons. The maximum Gasteiger partial charge on any atom is 0.287 e. The predicted octanol–water partition coefficient (Wildman–Crippen LogP) is 4.38. The van der Waals surface area contributed by atoms with Crippen LogP contribution in [0.2, 0.25) is 0 Å². The van der Waals surface area contributed by atoms with Gasteiger partial charge in [-0.3, -0.25) is 4.79 Å². The molecule has 0 aliphatic carbocycles. The van der Waals surface area contributed by atoms with E-state index in [0.717, 1.165) is 41.4 Å². The van der Waals surface area contributed by atoms with Crippen LogP contribution in [0.5, 0.6) is 0 Å². The molecule has 4 aromatic rings. The zero-order valence-electron chi connectivity index (χ0n) is 15.3. The van der Waals surface area contributed by atoms with Crippen molar-refractivity contribution >= 4 is 43.7 Å². The van der Waals surface area contributed by atoms with Crippen LogP contribution in [0.25, 0.3) is 32.1 Å². The first-order chi connectivity index (χ1) is 13.6. The molecule has 0 radical (unpaired) electrons. The molecule has 0 atom stereocenters. The lowest BCUT2D eigenvalue weighted by Crippen LogP contribution is -2.27. The van der Waals surface area contributed by atoms with Crippen molar-refractivity contribution in [1.29, 1.82) is 0 Å². The molecule has 5 rings (SSSR count). The van der Waals surface area contributed by atoms with Gasteiger partial charge in [0.05, 0.1) is 5.52 Å². The summed E-state index contributed by atoms with van der Waals surface area (Å²) in [5.74, 6) is 6.10. The number of thiophene rings is 1. The molecule has 0 spiro atoms. The monoisotopic (exact) mass is 390 g/mol. The van der Waals surface area contributed by atoms with Crippen molar-refractivity contribution in [1.82, 2.24) is 4.68 Å². The largest absolute Gasteiger partial charge is 0.371 e. The Bertz CT molecular complexity index is 1320. The van der Waals surface area contributed by atoms with Gasteiger partial charge in [0.25, 0.3) is 5.56 Å². The summed E-state index contributed by atoms with van der Waals surface area (Å²) in [5, 5.41) is 6.75. The van der Waals surface area contributed by atoms with Gasteiger partial charge in [-0.05, 0) is 65.4 Å². The van der Waals surface area contributed by atoms with Gasteiger partial charge in [-0.1, -0.05) is 6.07 Å². The van der Waals surface area contributed by atoms with Crippen LogP contribution in [0.4, 0.5) is 11.4 Å². The molecular formula is C21H18N4O2S. The molecule has 2 N–H and O–H groups in total. The lowest BCUT2D eigenvalue weighted by Gasteiger charge is -2.17. The highest BCUT2D eigenvalue weighted by Gasteiger charge is 2.22. The molecule has 0 saturated heterocycles. The molecular weight excluding hydrogens is 372 g/mol. The summed E-state index contributed by atoms with van der Waals surface area (Å²) >= 11 is 1.35. The zero-order valence-corrected chi connectivity index (χ0v) is 16.1. The van der Waals surface area contributed by atoms with E-state index in [1.807, 2.05) is 17.5 Å². The number of aromatic nitrogens is 1. The van der Waals surface area contributed by atoms with Crippen LogP contribution < -0.4 is 16.3 Å². The van der Waals surface area contributed by atoms with Gasteiger partial charge < -0.3 is 10.7 Å². The molecule has 0 fully saturated rings. The molecule has 1 aliphatic heterocycles. The van der Waals surface area contributed by atoms with Crippen LogP contribution in [-0.2, 0) is 6.42 Å². The van der Waals surface area contributed by atoms with Crippen molar-refractivity contribution in [2.45, 2.75) is 13.3 Å². The average Bonchev–Trinajstić information content (AvgIpc) is 3.37. The Hall–Kier alpha value is -3.19. The molecule has 1 aliphatic rings. The molecule has 0 amide bonds. The van der Waals surface area contributed by atoms with Gasteiger partial charge in [0.15, 0.2) is 0 Å². The summed E-state index contributed by atoms with van der Waals surface area (Å²) in [6, 6.07) is 11.5. The summed E-state index contributed by atoms with van der Waals surface area (Å²) in [6.45, 7) is 4.12. The van der Waals surface area contributed by atoms with Gasteiger partial charge in [0.2, 0.25) is 0 Å². The normalized spacial score (nSPS) is 13.4. The minimum Gasteiger partial charge on any atom is -0.371 e. The number of nitrogens with zero attached hydrogens (tertiary/aromatic N) is 3. The topological polar surface area (TPSA) is 80.7 Å². The third-order valence-corrected chi connectivity index (χ3v) is 6.51. The minimum absolute atomic E-state index is 0.234. The summed E-state index contributed by atoms with van der Waals surface area (Å²) in [4.78, 5) is 26.6. The number of nitrogens with two attached hydrogens (primary N) is 1. The maximum atomic E-state index is 12.6. The second-order valence-corrected chi connectivity index (χ2v) is 7.87. The average molecular weight is 390 g/mol. The number of pyridine rings is 1. The number of hydrogen-bond acceptors (Lipinski definition) is 6. The van der Waals surface area contributed by atoms with Gasteiger partial charge in [-0.15, -0.1) is 16.2 Å². The van der Waals surface area contributed by atoms with Crippen LogP contribution >= 0.6 is 11.3 Å². The third-order valence-electron chi connectivity index (χ3n) is 5.61. The fourth-order valence-electron chi connectivity index (χ4n) is 4.27. The summed E-state index contributed by atoms with van der Waals surface area (Å²) in [6.07, 6.45) is 0.973. The Morgan fingerprint density at radius 1 is 1.21 bits per heavy atom. The van der Waals surface area contributed by atoms with Gasteiger partial charge in [-0.25, -0.2) is 4.68 Å². The highest BCUT2D eigenvalue weighted by molar-refractivity contribution is 7.17. The maximum absolute atomic E-state index is 12.6. The zero-order chi connectivity index (χ0) is 19.4. The Morgan fingerprint density at radius 2 is 2.07 bits per heavy atom. The number of nitrogen functional groups attached to an aromatic ring is 1. The first kappa shape index (κ1) is 16.9. The lowest BCUT2D eigenvalue weighted by molar-refractivity contribution is 0.868. The lowest BCUT2D eigenvalue weighted by atomic mass is 9.95. The van der Waals surface area contributed by atoms with E-state index in [1.165, 1.54) is 27.3 Å². The summed E-state index contributed by atoms with van der Waals surface area (Å²) in [7, 11) is 0. The summed E-state index contributed by atoms with van der Waals surface area (Å²) < 4.78 is 1.75. The highest BCUT2D eigenvalue weighted by Crippen LogP contribution is 2.42. The van der Waals surface area contributed by atoms with Crippen molar-refractivity contribution in [3.8, 4) is 11.1 Å². The van der Waals surface area contributed by atoms with Gasteiger partial charge >= 0.3 is 0 Å². The Balaban J connectivity index is 1.89. The van der Waals surface area contributed by atoms with Gasteiger partial charge in [0.1, 0.15) is 10.4 Å². The van der Waals surface area contributed by atoms with E-state index in [0.29, 0.717) is 15.9 Å². The number of likely N-dealkylation sites (N-methyl/N-ethyl adjacent to an activating group) is 1. The number of fused-ring (bicyclic) bond motifs is 4. The van der Waals surface area contributed by atoms with E-state index in [2.05, 4.69) is 29.1 Å². The predicted molar refractivity (Wildman–Crippen MR) is 116 cm³/mol. The van der Waals surface area contributed by atoms with E-state index < -0.39 is 0 Å². The number of rotatable bonds is 3. The molecule has 6 nitrogen and oxygen atoms in total. The molecule has 7 heteroatoms. The van der Waals surface area contributed by atoms with Crippen molar-refractivity contribution < 1.29 is 0 Å². The molecule has 0 saturated carbocycles. The Labute approximate surface area is 164 Å². The van der Waals surface area contributed by atoms with Crippen molar-refractivity contribution in [2.75, 3.05) is 23.8 Å². The second-order valence-electron chi connectivity index (χ2n) is 6.96. The van der Waals surface area contributed by atoms with Crippen LogP contribution in [-0.4, -0.2) is 17.8 Å². The number of anilines is 1. The highest BCUT2D eigenvalue weighted by atomic mass is 32.1. The van der Waals surface area contributed by atoms with E-state index in [1.54, 1.807) is 12.1 Å². The van der Waals surface area contributed by atoms with E-state index in [-0.39, 0.29) is 5.56 Å². The molecule has 3 heterocycles. The molecule has 0 unspecified atom stereocenters. The standard InChI is InChI=1S/C21H18N4O2S/c1-2-24-9-7-12-11-13(3-5-16(12)24)18-15(23-27)4-6-17-19(18)14-8-10-28-20(14)21(26)25(17)22/h3-6,8,10-11H,2,7,9,22H2,1H3. The van der Waals surface area contributed by atoms with E-state index in [9.17, 15) is 9.70 Å². The minimum atomic E-state index is -0.234. The Morgan fingerprint density at radius 3 is 2.86 bits per heavy atom. The first-order valence-corrected chi connectivity index (χ1v) is 10.1. The number of benzene rings is 2. The molecule has 2 aromatic heterocycles. The summed E-state index contributed by atoms with van der Waals surface area (Å²) in [5.41, 5.74) is 4.86. The van der Waals surface area contributed by atoms with E-state index >= 15 is 0 Å². The molecule has 2 aromatic carbocycles. The van der Waals surface area contributed by atoms with Crippen molar-refractivity contribution in [2.24, 2.45) is 5.18 Å². The first-order valence-electron chi connectivity index (χ1n) is 9.19. The fourth-order valence-corrected chi connectivity index (χ4v) is 5.10. The number of hydrogen-bond donors (Lipinski definition) is 1. The SMILES string of the molecule is CCN1CCc2cc(-c3c(N=O)ccc4c3c3ccsc3c(=O)n4N)ccc21. The number of nitroso groups, excluding NO2 is 1. The fraction of sp³-hybridized carbons (Fsp3) is 0.190. The quantitative estimate of drug-likeness (QED) is 0.416. The molecule has 0 bridgehead atoms. The van der Waals surface area contributed by atoms with Crippen LogP contribution in [0.3, 0.4) is 0 Å². The second kappa shape index (κ2) is 6.17. The van der Waals surface area contributed by atoms with Gasteiger partial charge in [0, 0.05) is 35.1 Å². The van der Waals surface area contributed by atoms with Crippen molar-refractivity contribution in [3.05, 3.63) is 62.6 Å². The van der Waals surface area contributed by atoms with Crippen LogP contribution in [0.15, 0.2) is 51.7 Å².